The molecular weight excluding hydrogens is 400 g/mol. The van der Waals surface area contributed by atoms with Crippen molar-refractivity contribution in [2.75, 3.05) is 18.4 Å². The second kappa shape index (κ2) is 9.49. The molecule has 2 heterocycles. The molecule has 1 N–H and O–H groups in total. The molecule has 3 aromatic rings. The van der Waals surface area contributed by atoms with Gasteiger partial charge in [0.05, 0.1) is 0 Å². The molecule has 0 spiro atoms. The minimum Gasteiger partial charge on any atom is -0.486 e. The standard InChI is InChI=1S/C22H22N4O3S/c27-20(21-25-24-19(30-21)15-29-18-10-3-1-4-11-18)23-17-9-7-8-16(14-17)22(28)26-12-5-2-6-13-26/h1,3-4,7-11,14H,2,5-6,12-13,15H2,(H,23,27). The Hall–Kier alpha value is -3.26. The summed E-state index contributed by atoms with van der Waals surface area (Å²) in [6, 6.07) is 16.4. The number of rotatable bonds is 6. The highest BCUT2D eigenvalue weighted by Gasteiger charge is 2.19. The molecule has 0 atom stereocenters. The van der Waals surface area contributed by atoms with E-state index in [-0.39, 0.29) is 23.4 Å². The molecule has 2 aromatic carbocycles. The molecular formula is C22H22N4O3S. The highest BCUT2D eigenvalue weighted by atomic mass is 32.1. The Morgan fingerprint density at radius 3 is 2.60 bits per heavy atom. The zero-order chi connectivity index (χ0) is 20.8. The molecule has 4 rings (SSSR count). The lowest BCUT2D eigenvalue weighted by atomic mass is 10.1. The van der Waals surface area contributed by atoms with Crippen molar-refractivity contribution >= 4 is 28.8 Å². The monoisotopic (exact) mass is 422 g/mol. The van der Waals surface area contributed by atoms with Crippen LogP contribution in [0.1, 0.15) is 44.4 Å². The lowest BCUT2D eigenvalue weighted by Gasteiger charge is -2.26. The third-order valence-corrected chi connectivity index (χ3v) is 5.67. The van der Waals surface area contributed by atoms with E-state index in [1.54, 1.807) is 24.3 Å². The van der Waals surface area contributed by atoms with Gasteiger partial charge < -0.3 is 15.0 Å². The Morgan fingerprint density at radius 2 is 1.80 bits per heavy atom. The first-order chi connectivity index (χ1) is 14.7. The first-order valence-electron chi connectivity index (χ1n) is 9.90. The van der Waals surface area contributed by atoms with E-state index in [0.717, 1.165) is 31.7 Å². The number of amides is 2. The summed E-state index contributed by atoms with van der Waals surface area (Å²) in [6.45, 7) is 1.82. The van der Waals surface area contributed by atoms with Gasteiger partial charge in [0.15, 0.2) is 5.01 Å². The van der Waals surface area contributed by atoms with Crippen LogP contribution in [0.25, 0.3) is 0 Å². The molecule has 0 aliphatic carbocycles. The van der Waals surface area contributed by atoms with Crippen molar-refractivity contribution in [2.45, 2.75) is 25.9 Å². The summed E-state index contributed by atoms with van der Waals surface area (Å²) in [4.78, 5) is 27.1. The van der Waals surface area contributed by atoms with Crippen LogP contribution in [0.2, 0.25) is 0 Å². The van der Waals surface area contributed by atoms with Gasteiger partial charge in [-0.05, 0) is 49.6 Å². The van der Waals surface area contributed by atoms with E-state index in [2.05, 4.69) is 15.5 Å². The van der Waals surface area contributed by atoms with Crippen LogP contribution in [0.5, 0.6) is 5.75 Å². The van der Waals surface area contributed by atoms with Crippen molar-refractivity contribution in [1.82, 2.24) is 15.1 Å². The Labute approximate surface area is 178 Å². The predicted molar refractivity (Wildman–Crippen MR) is 115 cm³/mol. The van der Waals surface area contributed by atoms with Gasteiger partial charge in [-0.1, -0.05) is 35.6 Å². The SMILES string of the molecule is O=C(Nc1cccc(C(=O)N2CCCCC2)c1)c1nnc(COc2ccccc2)s1. The Bertz CT molecular complexity index is 1020. The largest absolute Gasteiger partial charge is 0.486 e. The fourth-order valence-corrected chi connectivity index (χ4v) is 3.91. The smallest absolute Gasteiger partial charge is 0.286 e. The van der Waals surface area contributed by atoms with Gasteiger partial charge in [-0.2, -0.15) is 0 Å². The lowest BCUT2D eigenvalue weighted by molar-refractivity contribution is 0.0724. The van der Waals surface area contributed by atoms with Crippen molar-refractivity contribution in [3.8, 4) is 5.75 Å². The number of hydrogen-bond donors (Lipinski definition) is 1. The van der Waals surface area contributed by atoms with Crippen LogP contribution in [0.4, 0.5) is 5.69 Å². The maximum Gasteiger partial charge on any atom is 0.286 e. The maximum atomic E-state index is 12.7. The number of nitrogens with one attached hydrogen (secondary N) is 1. The molecule has 1 aliphatic heterocycles. The molecule has 1 fully saturated rings. The summed E-state index contributed by atoms with van der Waals surface area (Å²) in [5, 5.41) is 11.6. The summed E-state index contributed by atoms with van der Waals surface area (Å²) in [7, 11) is 0. The number of anilines is 1. The van der Waals surface area contributed by atoms with E-state index >= 15 is 0 Å². The molecule has 30 heavy (non-hydrogen) atoms. The van der Waals surface area contributed by atoms with E-state index < -0.39 is 0 Å². The number of nitrogens with zero attached hydrogens (tertiary/aromatic N) is 3. The fraction of sp³-hybridized carbons (Fsp3) is 0.273. The number of benzene rings is 2. The Kier molecular flexibility index (Phi) is 6.34. The topological polar surface area (TPSA) is 84.4 Å². The lowest BCUT2D eigenvalue weighted by Crippen LogP contribution is -2.35. The van der Waals surface area contributed by atoms with Crippen molar-refractivity contribution < 1.29 is 14.3 Å². The van der Waals surface area contributed by atoms with Crippen LogP contribution < -0.4 is 10.1 Å². The van der Waals surface area contributed by atoms with Gasteiger partial charge in [0.1, 0.15) is 12.4 Å². The fourth-order valence-electron chi connectivity index (χ4n) is 3.26. The Balaban J connectivity index is 1.37. The molecule has 154 valence electrons. The van der Waals surface area contributed by atoms with Gasteiger partial charge in [-0.15, -0.1) is 10.2 Å². The van der Waals surface area contributed by atoms with Gasteiger partial charge in [-0.25, -0.2) is 0 Å². The average Bonchev–Trinajstić information content (AvgIpc) is 3.28. The van der Waals surface area contributed by atoms with Crippen LogP contribution in [-0.4, -0.2) is 40.0 Å². The summed E-state index contributed by atoms with van der Waals surface area (Å²) >= 11 is 1.18. The molecule has 0 radical (unpaired) electrons. The zero-order valence-electron chi connectivity index (χ0n) is 16.4. The first-order valence-corrected chi connectivity index (χ1v) is 10.7. The van der Waals surface area contributed by atoms with Crippen LogP contribution in [0, 0.1) is 0 Å². The van der Waals surface area contributed by atoms with Crippen LogP contribution in [0.15, 0.2) is 54.6 Å². The number of aromatic nitrogens is 2. The quantitative estimate of drug-likeness (QED) is 0.649. The van der Waals surface area contributed by atoms with Crippen molar-refractivity contribution in [2.24, 2.45) is 0 Å². The van der Waals surface area contributed by atoms with Gasteiger partial charge in [0, 0.05) is 24.3 Å². The van der Waals surface area contributed by atoms with Crippen molar-refractivity contribution in [1.29, 1.82) is 0 Å². The molecule has 1 aliphatic rings. The number of carbonyl (C=O) groups is 2. The molecule has 7 nitrogen and oxygen atoms in total. The second-order valence-electron chi connectivity index (χ2n) is 6.99. The summed E-state index contributed by atoms with van der Waals surface area (Å²) in [5.41, 5.74) is 1.13. The number of piperidine rings is 1. The molecule has 0 bridgehead atoms. The number of likely N-dealkylation sites (tertiary alicyclic amines) is 1. The normalized spacial score (nSPS) is 13.7. The molecule has 8 heteroatoms. The highest BCUT2D eigenvalue weighted by Crippen LogP contribution is 2.19. The van der Waals surface area contributed by atoms with Crippen LogP contribution in [-0.2, 0) is 6.61 Å². The van der Waals surface area contributed by atoms with Crippen molar-refractivity contribution in [3.63, 3.8) is 0 Å². The maximum absolute atomic E-state index is 12.7. The van der Waals surface area contributed by atoms with Crippen LogP contribution >= 0.6 is 11.3 Å². The minimum absolute atomic E-state index is 0.00191. The number of ether oxygens (including phenoxy) is 1. The van der Waals surface area contributed by atoms with Gasteiger partial charge in [0.25, 0.3) is 11.8 Å². The molecule has 2 amide bonds. The zero-order valence-corrected chi connectivity index (χ0v) is 17.2. The van der Waals surface area contributed by atoms with E-state index in [1.807, 2.05) is 35.2 Å². The van der Waals surface area contributed by atoms with E-state index in [4.69, 9.17) is 4.74 Å². The average molecular weight is 423 g/mol. The molecule has 1 saturated heterocycles. The highest BCUT2D eigenvalue weighted by molar-refractivity contribution is 7.13. The number of carbonyl (C=O) groups excluding carboxylic acids is 2. The number of hydrogen-bond acceptors (Lipinski definition) is 6. The van der Waals surface area contributed by atoms with Crippen molar-refractivity contribution in [3.05, 3.63) is 70.2 Å². The van der Waals surface area contributed by atoms with Crippen LogP contribution in [0.3, 0.4) is 0 Å². The second-order valence-corrected chi connectivity index (χ2v) is 8.05. The third-order valence-electron chi connectivity index (χ3n) is 4.78. The number of para-hydroxylation sites is 1. The summed E-state index contributed by atoms with van der Waals surface area (Å²) in [5.74, 6) is 0.372. The summed E-state index contributed by atoms with van der Waals surface area (Å²) < 4.78 is 5.64. The van der Waals surface area contributed by atoms with E-state index in [9.17, 15) is 9.59 Å². The molecule has 1 aromatic heterocycles. The first kappa shape index (κ1) is 20.0. The van der Waals surface area contributed by atoms with Gasteiger partial charge in [-0.3, -0.25) is 9.59 Å². The molecule has 0 saturated carbocycles. The minimum atomic E-state index is -0.360. The molecule has 0 unspecified atom stereocenters. The van der Waals surface area contributed by atoms with Gasteiger partial charge in [0.2, 0.25) is 5.01 Å². The van der Waals surface area contributed by atoms with E-state index in [0.29, 0.717) is 16.3 Å². The summed E-state index contributed by atoms with van der Waals surface area (Å²) in [6.07, 6.45) is 3.24. The Morgan fingerprint density at radius 1 is 1.00 bits per heavy atom. The van der Waals surface area contributed by atoms with Gasteiger partial charge >= 0.3 is 0 Å². The third kappa shape index (κ3) is 5.01. The predicted octanol–water partition coefficient (Wildman–Crippen LogP) is 4.00. The van der Waals surface area contributed by atoms with E-state index in [1.165, 1.54) is 17.8 Å².